The Labute approximate surface area is 282 Å². The number of nitrogens with zero attached hydrogens (tertiary/aromatic N) is 4. The molecule has 1 aliphatic rings. The molecule has 0 aliphatic heterocycles. The molecule has 0 unspecified atom stereocenters. The molecule has 0 saturated heterocycles. The Hall–Kier alpha value is -4.54. The third kappa shape index (κ3) is 9.27. The third-order valence-corrected chi connectivity index (χ3v) is 8.63. The molecule has 0 saturated carbocycles. The van der Waals surface area contributed by atoms with Gasteiger partial charge in [0, 0.05) is 42.6 Å². The number of allylic oxidation sites excluding steroid dienone is 4. The molecule has 0 fully saturated rings. The first-order valence-electron chi connectivity index (χ1n) is 16.7. The second kappa shape index (κ2) is 14.5. The van der Waals surface area contributed by atoms with Crippen molar-refractivity contribution in [2.24, 2.45) is 9.98 Å². The molecule has 4 aromatic carbocycles. The van der Waals surface area contributed by atoms with Crippen LogP contribution in [0.15, 0.2) is 131 Å². The van der Waals surface area contributed by atoms with E-state index in [0.717, 1.165) is 48.0 Å². The summed E-state index contributed by atoms with van der Waals surface area (Å²) in [6, 6.07) is 35.5. The van der Waals surface area contributed by atoms with E-state index in [-0.39, 0.29) is 11.1 Å². The fourth-order valence-electron chi connectivity index (χ4n) is 6.20. The molecule has 1 aliphatic carbocycles. The zero-order chi connectivity index (χ0) is 33.6. The molecule has 47 heavy (non-hydrogen) atoms. The molecule has 0 heterocycles. The first-order valence-corrected chi connectivity index (χ1v) is 16.7. The lowest BCUT2D eigenvalue weighted by Crippen LogP contribution is -2.51. The van der Waals surface area contributed by atoms with Crippen molar-refractivity contribution in [2.45, 2.75) is 79.1 Å². The minimum Gasteiger partial charge on any atom is -0.337 e. The van der Waals surface area contributed by atoms with Gasteiger partial charge in [-0.25, -0.2) is 4.99 Å². The molecule has 0 amide bonds. The zero-order valence-electron chi connectivity index (χ0n) is 29.5. The predicted octanol–water partition coefficient (Wildman–Crippen LogP) is 10.6. The Balaban J connectivity index is 1.39. The summed E-state index contributed by atoms with van der Waals surface area (Å²) in [4.78, 5) is 14.0. The van der Waals surface area contributed by atoms with Gasteiger partial charge < -0.3 is 4.90 Å². The van der Waals surface area contributed by atoms with E-state index in [2.05, 4.69) is 160 Å². The van der Waals surface area contributed by atoms with Gasteiger partial charge in [-0.1, -0.05) is 66.2 Å². The maximum Gasteiger partial charge on any atom is 0.0638 e. The normalized spacial score (nSPS) is 13.3. The van der Waals surface area contributed by atoms with Crippen LogP contribution in [0.4, 0.5) is 17.1 Å². The zero-order valence-corrected chi connectivity index (χ0v) is 29.5. The molecule has 4 heteroatoms. The molecule has 4 nitrogen and oxygen atoms in total. The summed E-state index contributed by atoms with van der Waals surface area (Å²) in [5.41, 5.74) is 11.8. The molecule has 0 spiro atoms. The summed E-state index contributed by atoms with van der Waals surface area (Å²) in [5.74, 6) is 0. The van der Waals surface area contributed by atoms with Gasteiger partial charge in [0.25, 0.3) is 0 Å². The SMILES string of the molecule is CN=C1C=CC(=Nc2ccc(N(Cc3ccc(CN(C(C)(C)C)C(C)(C)C)cc3)c3ccc(Cc4ccc(C)cc4)cc3)cc2)C=C1. The van der Waals surface area contributed by atoms with E-state index in [9.17, 15) is 0 Å². The highest BCUT2D eigenvalue weighted by molar-refractivity contribution is 6.18. The summed E-state index contributed by atoms with van der Waals surface area (Å²) < 4.78 is 0. The predicted molar refractivity (Wildman–Crippen MR) is 203 cm³/mol. The maximum absolute atomic E-state index is 4.83. The Morgan fingerprint density at radius 3 is 1.43 bits per heavy atom. The number of hydrogen-bond acceptors (Lipinski definition) is 4. The quantitative estimate of drug-likeness (QED) is 0.174. The van der Waals surface area contributed by atoms with Crippen LogP contribution in [0.25, 0.3) is 0 Å². The van der Waals surface area contributed by atoms with Crippen LogP contribution >= 0.6 is 0 Å². The van der Waals surface area contributed by atoms with Crippen LogP contribution in [-0.2, 0) is 19.5 Å². The summed E-state index contributed by atoms with van der Waals surface area (Å²) >= 11 is 0. The number of rotatable bonds is 9. The average Bonchev–Trinajstić information content (AvgIpc) is 3.04. The van der Waals surface area contributed by atoms with Crippen LogP contribution in [0.5, 0.6) is 0 Å². The van der Waals surface area contributed by atoms with Crippen LogP contribution in [0.2, 0.25) is 0 Å². The van der Waals surface area contributed by atoms with Gasteiger partial charge >= 0.3 is 0 Å². The highest BCUT2D eigenvalue weighted by Gasteiger charge is 2.31. The minimum absolute atomic E-state index is 0.0759. The summed E-state index contributed by atoms with van der Waals surface area (Å²) in [6.45, 7) is 17.6. The number of aryl methyl sites for hydroxylation is 1. The third-order valence-electron chi connectivity index (χ3n) is 8.63. The molecule has 4 aromatic rings. The number of hydrogen-bond donors (Lipinski definition) is 0. The molecule has 242 valence electrons. The van der Waals surface area contributed by atoms with Crippen LogP contribution in [0.1, 0.15) is 69.4 Å². The van der Waals surface area contributed by atoms with Crippen LogP contribution < -0.4 is 4.90 Å². The molecule has 0 bridgehead atoms. The lowest BCUT2D eigenvalue weighted by atomic mass is 9.94. The minimum atomic E-state index is 0.0759. The number of benzene rings is 4. The Bertz CT molecular complexity index is 1710. The maximum atomic E-state index is 4.83. The Morgan fingerprint density at radius 2 is 0.936 bits per heavy atom. The van der Waals surface area contributed by atoms with Crippen molar-refractivity contribution >= 4 is 28.5 Å². The molecular weight excluding hydrogens is 573 g/mol. The smallest absolute Gasteiger partial charge is 0.0638 e. The van der Waals surface area contributed by atoms with Crippen molar-refractivity contribution in [3.05, 3.63) is 149 Å². The molecule has 0 N–H and O–H groups in total. The second-order valence-electron chi connectivity index (χ2n) is 14.5. The Morgan fingerprint density at radius 1 is 0.511 bits per heavy atom. The average molecular weight is 623 g/mol. The van der Waals surface area contributed by atoms with Crippen molar-refractivity contribution in [3.63, 3.8) is 0 Å². The fourth-order valence-corrected chi connectivity index (χ4v) is 6.20. The highest BCUT2D eigenvalue weighted by Crippen LogP contribution is 2.31. The van der Waals surface area contributed by atoms with Gasteiger partial charge in [0.05, 0.1) is 17.1 Å². The molecule has 0 radical (unpaired) electrons. The first kappa shape index (κ1) is 33.8. The van der Waals surface area contributed by atoms with E-state index < -0.39 is 0 Å². The van der Waals surface area contributed by atoms with Crippen LogP contribution in [0.3, 0.4) is 0 Å². The van der Waals surface area contributed by atoms with Crippen LogP contribution in [-0.4, -0.2) is 34.4 Å². The molecule has 0 aromatic heterocycles. The number of aliphatic imine (C=N–C) groups is 2. The van der Waals surface area contributed by atoms with Gasteiger partial charge in [0.2, 0.25) is 0 Å². The van der Waals surface area contributed by atoms with E-state index in [1.807, 2.05) is 24.3 Å². The van der Waals surface area contributed by atoms with Gasteiger partial charge in [0.1, 0.15) is 0 Å². The lowest BCUT2D eigenvalue weighted by molar-refractivity contribution is 0.0298. The first-order chi connectivity index (χ1) is 22.4. The molecule has 5 rings (SSSR count). The van der Waals surface area contributed by atoms with Crippen molar-refractivity contribution in [3.8, 4) is 0 Å². The Kier molecular flexibility index (Phi) is 10.4. The van der Waals surface area contributed by atoms with Crippen molar-refractivity contribution in [2.75, 3.05) is 11.9 Å². The van der Waals surface area contributed by atoms with Crippen molar-refractivity contribution in [1.29, 1.82) is 0 Å². The van der Waals surface area contributed by atoms with E-state index in [1.165, 1.54) is 27.8 Å². The largest absolute Gasteiger partial charge is 0.337 e. The van der Waals surface area contributed by atoms with E-state index in [0.29, 0.717) is 0 Å². The standard InChI is InChI=1S/C43H50N4/c1-32-9-11-33(12-10-32)29-34-17-25-40(26-18-34)46(41-27-23-39(24-28-41)45-38-21-19-37(44-8)20-22-38)30-35-13-15-36(16-14-35)31-47(42(2,3)4)43(5,6)7/h9-28H,29-31H2,1-8H3. The molecular formula is C43H50N4. The molecule has 0 atom stereocenters. The van der Waals surface area contributed by atoms with Gasteiger partial charge in [0.15, 0.2) is 0 Å². The van der Waals surface area contributed by atoms with Crippen molar-refractivity contribution in [1.82, 2.24) is 4.90 Å². The number of anilines is 2. The highest BCUT2D eigenvalue weighted by atomic mass is 15.2. The lowest BCUT2D eigenvalue weighted by Gasteiger charge is -2.45. The van der Waals surface area contributed by atoms with E-state index in [1.54, 1.807) is 7.05 Å². The van der Waals surface area contributed by atoms with Gasteiger partial charge in [-0.05, 0) is 138 Å². The van der Waals surface area contributed by atoms with E-state index >= 15 is 0 Å². The van der Waals surface area contributed by atoms with Gasteiger partial charge in [-0.3, -0.25) is 9.89 Å². The van der Waals surface area contributed by atoms with E-state index in [4.69, 9.17) is 4.99 Å². The topological polar surface area (TPSA) is 31.2 Å². The fraction of sp³-hybridized carbons (Fsp3) is 0.302. The monoisotopic (exact) mass is 622 g/mol. The van der Waals surface area contributed by atoms with Gasteiger partial charge in [-0.15, -0.1) is 0 Å². The summed E-state index contributed by atoms with van der Waals surface area (Å²) in [5, 5.41) is 0. The van der Waals surface area contributed by atoms with Crippen LogP contribution in [0, 0.1) is 6.92 Å². The van der Waals surface area contributed by atoms with Crippen molar-refractivity contribution < 1.29 is 0 Å². The summed E-state index contributed by atoms with van der Waals surface area (Å²) in [6.07, 6.45) is 8.92. The van der Waals surface area contributed by atoms with Gasteiger partial charge in [-0.2, -0.15) is 0 Å². The summed E-state index contributed by atoms with van der Waals surface area (Å²) in [7, 11) is 1.80. The second-order valence-corrected chi connectivity index (χ2v) is 14.5.